The minimum atomic E-state index is 0.617. The summed E-state index contributed by atoms with van der Waals surface area (Å²) in [5.41, 5.74) is 1.44. The Morgan fingerprint density at radius 2 is 2.60 bits per heavy atom. The number of nitrogens with one attached hydrogen (secondary N) is 1. The summed E-state index contributed by atoms with van der Waals surface area (Å²) >= 11 is 1.76. The Hall–Kier alpha value is -0.760. The van der Waals surface area contributed by atoms with Gasteiger partial charge in [-0.05, 0) is 28.6 Å². The molecule has 52 valence electrons. The molecule has 1 nitrogen and oxygen atoms in total. The lowest BCUT2D eigenvalue weighted by molar-refractivity contribution is 0.817. The Bertz CT molecular complexity index is 225. The Morgan fingerprint density at radius 1 is 1.60 bits per heavy atom. The molecule has 0 saturated heterocycles. The van der Waals surface area contributed by atoms with E-state index in [1.807, 2.05) is 6.20 Å². The molecule has 0 saturated carbocycles. The molecule has 0 amide bonds. The van der Waals surface area contributed by atoms with Crippen LogP contribution in [0.5, 0.6) is 0 Å². The highest BCUT2D eigenvalue weighted by Crippen LogP contribution is 2.21. The van der Waals surface area contributed by atoms with Crippen LogP contribution in [0.2, 0.25) is 0 Å². The molecule has 2 heteroatoms. The van der Waals surface area contributed by atoms with Gasteiger partial charge in [-0.2, -0.15) is 11.3 Å². The van der Waals surface area contributed by atoms with Gasteiger partial charge in [-0.1, -0.05) is 6.08 Å². The SMILES string of the molecule is C1=CC(c2ccsc2)CN1. The van der Waals surface area contributed by atoms with Crippen molar-refractivity contribution < 1.29 is 0 Å². The van der Waals surface area contributed by atoms with E-state index in [2.05, 4.69) is 28.2 Å². The molecule has 2 rings (SSSR count). The van der Waals surface area contributed by atoms with Crippen molar-refractivity contribution >= 4 is 11.3 Å². The smallest absolute Gasteiger partial charge is 0.0246 e. The molecule has 0 fully saturated rings. The molecule has 2 heterocycles. The van der Waals surface area contributed by atoms with Gasteiger partial charge in [-0.15, -0.1) is 0 Å². The summed E-state index contributed by atoms with van der Waals surface area (Å²) in [7, 11) is 0. The van der Waals surface area contributed by atoms with Crippen molar-refractivity contribution in [2.75, 3.05) is 6.54 Å². The van der Waals surface area contributed by atoms with Crippen molar-refractivity contribution in [3.8, 4) is 0 Å². The molecule has 1 unspecified atom stereocenters. The number of rotatable bonds is 1. The van der Waals surface area contributed by atoms with Gasteiger partial charge in [-0.25, -0.2) is 0 Å². The topological polar surface area (TPSA) is 12.0 Å². The van der Waals surface area contributed by atoms with Gasteiger partial charge in [0.25, 0.3) is 0 Å². The largest absolute Gasteiger partial charge is 0.390 e. The lowest BCUT2D eigenvalue weighted by Gasteiger charge is -2.01. The van der Waals surface area contributed by atoms with Crippen LogP contribution in [0.25, 0.3) is 0 Å². The Kier molecular flexibility index (Phi) is 1.47. The molecule has 1 aromatic rings. The van der Waals surface area contributed by atoms with Crippen LogP contribution in [-0.2, 0) is 0 Å². The van der Waals surface area contributed by atoms with Crippen LogP contribution < -0.4 is 5.32 Å². The molecular weight excluding hydrogens is 142 g/mol. The summed E-state index contributed by atoms with van der Waals surface area (Å²) in [6.07, 6.45) is 4.24. The molecule has 1 N–H and O–H groups in total. The molecule has 1 aliphatic rings. The van der Waals surface area contributed by atoms with Gasteiger partial charge in [-0.3, -0.25) is 0 Å². The highest BCUT2D eigenvalue weighted by atomic mass is 32.1. The Morgan fingerprint density at radius 3 is 3.20 bits per heavy atom. The fourth-order valence-electron chi connectivity index (χ4n) is 1.16. The molecule has 1 aromatic heterocycles. The summed E-state index contributed by atoms with van der Waals surface area (Å²) in [5, 5.41) is 7.52. The van der Waals surface area contributed by atoms with Crippen molar-refractivity contribution in [1.29, 1.82) is 0 Å². The first-order valence-electron chi connectivity index (χ1n) is 3.39. The van der Waals surface area contributed by atoms with Crippen molar-refractivity contribution in [3.63, 3.8) is 0 Å². The maximum Gasteiger partial charge on any atom is 0.0246 e. The predicted octanol–water partition coefficient (Wildman–Crippen LogP) is 1.95. The zero-order chi connectivity index (χ0) is 6.81. The van der Waals surface area contributed by atoms with E-state index in [-0.39, 0.29) is 0 Å². The Balaban J connectivity index is 2.20. The van der Waals surface area contributed by atoms with Crippen LogP contribution in [0.3, 0.4) is 0 Å². The molecule has 10 heavy (non-hydrogen) atoms. The number of hydrogen-bond acceptors (Lipinski definition) is 2. The third-order valence-electron chi connectivity index (χ3n) is 1.76. The summed E-state index contributed by atoms with van der Waals surface area (Å²) < 4.78 is 0. The van der Waals surface area contributed by atoms with E-state index in [0.717, 1.165) is 6.54 Å². The zero-order valence-electron chi connectivity index (χ0n) is 5.58. The summed E-state index contributed by atoms with van der Waals surface area (Å²) in [6, 6.07) is 2.19. The van der Waals surface area contributed by atoms with Crippen molar-refractivity contribution in [3.05, 3.63) is 34.7 Å². The van der Waals surface area contributed by atoms with Crippen LogP contribution >= 0.6 is 11.3 Å². The van der Waals surface area contributed by atoms with E-state index >= 15 is 0 Å². The summed E-state index contributed by atoms with van der Waals surface area (Å²) in [4.78, 5) is 0. The van der Waals surface area contributed by atoms with E-state index in [1.54, 1.807) is 11.3 Å². The average Bonchev–Trinajstić information content (AvgIpc) is 2.59. The van der Waals surface area contributed by atoms with Gasteiger partial charge in [0, 0.05) is 12.5 Å². The maximum absolute atomic E-state index is 3.18. The first-order valence-corrected chi connectivity index (χ1v) is 4.33. The zero-order valence-corrected chi connectivity index (χ0v) is 6.40. The molecule has 0 aliphatic carbocycles. The number of thiophene rings is 1. The minimum absolute atomic E-state index is 0.617. The normalized spacial score (nSPS) is 23.0. The third-order valence-corrected chi connectivity index (χ3v) is 2.46. The second-order valence-corrected chi connectivity index (χ2v) is 3.21. The van der Waals surface area contributed by atoms with Crippen LogP contribution in [0.4, 0.5) is 0 Å². The van der Waals surface area contributed by atoms with Crippen molar-refractivity contribution in [1.82, 2.24) is 5.32 Å². The third kappa shape index (κ3) is 0.948. The first kappa shape index (κ1) is 5.98. The predicted molar refractivity (Wildman–Crippen MR) is 44.2 cm³/mol. The van der Waals surface area contributed by atoms with Gasteiger partial charge in [0.05, 0.1) is 0 Å². The van der Waals surface area contributed by atoms with Crippen LogP contribution in [0.1, 0.15) is 11.5 Å². The molecule has 1 atom stereocenters. The minimum Gasteiger partial charge on any atom is -0.390 e. The maximum atomic E-state index is 3.18. The Labute approximate surface area is 64.4 Å². The highest BCUT2D eigenvalue weighted by molar-refractivity contribution is 7.08. The van der Waals surface area contributed by atoms with Crippen LogP contribution in [0, 0.1) is 0 Å². The second kappa shape index (κ2) is 2.46. The van der Waals surface area contributed by atoms with Gasteiger partial charge in [0.2, 0.25) is 0 Å². The molecule has 1 aliphatic heterocycles. The molecule has 0 bridgehead atoms. The van der Waals surface area contributed by atoms with Gasteiger partial charge in [0.15, 0.2) is 0 Å². The summed E-state index contributed by atoms with van der Waals surface area (Å²) in [6.45, 7) is 1.07. The van der Waals surface area contributed by atoms with E-state index in [0.29, 0.717) is 5.92 Å². The summed E-state index contributed by atoms with van der Waals surface area (Å²) in [5.74, 6) is 0.617. The molecule has 0 radical (unpaired) electrons. The van der Waals surface area contributed by atoms with Crippen molar-refractivity contribution in [2.24, 2.45) is 0 Å². The fourth-order valence-corrected chi connectivity index (χ4v) is 1.89. The van der Waals surface area contributed by atoms with Crippen LogP contribution in [0.15, 0.2) is 29.1 Å². The van der Waals surface area contributed by atoms with E-state index < -0.39 is 0 Å². The van der Waals surface area contributed by atoms with Crippen molar-refractivity contribution in [2.45, 2.75) is 5.92 Å². The highest BCUT2D eigenvalue weighted by Gasteiger charge is 2.10. The monoisotopic (exact) mass is 151 g/mol. The standard InChI is InChI=1S/C8H9NS/c1-3-9-5-7(1)8-2-4-10-6-8/h1-4,6-7,9H,5H2. The molecule has 0 spiro atoms. The second-order valence-electron chi connectivity index (χ2n) is 2.43. The quantitative estimate of drug-likeness (QED) is 0.647. The van der Waals surface area contributed by atoms with Gasteiger partial charge >= 0.3 is 0 Å². The first-order chi connectivity index (χ1) is 4.97. The van der Waals surface area contributed by atoms with Crippen LogP contribution in [-0.4, -0.2) is 6.54 Å². The molecular formula is C8H9NS. The molecule has 0 aromatic carbocycles. The fraction of sp³-hybridized carbons (Fsp3) is 0.250. The van der Waals surface area contributed by atoms with Gasteiger partial charge < -0.3 is 5.32 Å². The van der Waals surface area contributed by atoms with E-state index in [9.17, 15) is 0 Å². The van der Waals surface area contributed by atoms with Gasteiger partial charge in [0.1, 0.15) is 0 Å². The number of hydrogen-bond donors (Lipinski definition) is 1. The van der Waals surface area contributed by atoms with E-state index in [1.165, 1.54) is 5.56 Å². The average molecular weight is 151 g/mol. The lowest BCUT2D eigenvalue weighted by atomic mass is 10.1. The lowest BCUT2D eigenvalue weighted by Crippen LogP contribution is -2.05. The van der Waals surface area contributed by atoms with E-state index in [4.69, 9.17) is 0 Å².